The molecule has 5 heteroatoms. The minimum Gasteiger partial charge on any atom is -0.461 e. The van der Waals surface area contributed by atoms with Gasteiger partial charge in [-0.05, 0) is 13.3 Å². The van der Waals surface area contributed by atoms with E-state index < -0.39 is 18.4 Å². The number of hydrogen-bond donors (Lipinski definition) is 3. The molecule has 0 aromatic heterocycles. The van der Waals surface area contributed by atoms with Crippen molar-refractivity contribution in [3.05, 3.63) is 0 Å². The van der Waals surface area contributed by atoms with Crippen LogP contribution in [0.25, 0.3) is 0 Å². The number of esters is 1. The zero-order valence-electron chi connectivity index (χ0n) is 17.8. The van der Waals surface area contributed by atoms with Gasteiger partial charge in [-0.1, -0.05) is 96.8 Å². The Balaban J connectivity index is 3.30. The van der Waals surface area contributed by atoms with E-state index in [0.29, 0.717) is 6.42 Å². The second kappa shape index (κ2) is 18.7. The molecule has 0 fully saturated rings. The Morgan fingerprint density at radius 1 is 0.778 bits per heavy atom. The lowest BCUT2D eigenvalue weighted by molar-refractivity contribution is -0.155. The monoisotopic (exact) mass is 387 g/mol. The number of ether oxygens (including phenoxy) is 1. The van der Waals surface area contributed by atoms with Crippen LogP contribution in [0, 0.1) is 0 Å². The molecule has 5 nitrogen and oxygen atoms in total. The summed E-state index contributed by atoms with van der Waals surface area (Å²) in [5.74, 6) is -0.312. The van der Waals surface area contributed by atoms with Crippen molar-refractivity contribution < 1.29 is 19.7 Å². The molecule has 0 spiro atoms. The lowest BCUT2D eigenvalue weighted by Gasteiger charge is -2.21. The second-order valence-electron chi connectivity index (χ2n) is 7.89. The van der Waals surface area contributed by atoms with Gasteiger partial charge in [0.05, 0.1) is 6.04 Å². The molecule has 0 aliphatic heterocycles. The van der Waals surface area contributed by atoms with Crippen molar-refractivity contribution in [2.75, 3.05) is 0 Å². The van der Waals surface area contributed by atoms with E-state index in [0.717, 1.165) is 19.3 Å². The summed E-state index contributed by atoms with van der Waals surface area (Å²) >= 11 is 0. The van der Waals surface area contributed by atoms with E-state index in [1.54, 1.807) is 6.92 Å². The Morgan fingerprint density at radius 2 is 1.15 bits per heavy atom. The zero-order chi connectivity index (χ0) is 20.3. The van der Waals surface area contributed by atoms with Crippen molar-refractivity contribution in [3.63, 3.8) is 0 Å². The number of carbonyl (C=O) groups excluding carboxylic acids is 1. The molecule has 0 aliphatic carbocycles. The van der Waals surface area contributed by atoms with Crippen LogP contribution in [0.5, 0.6) is 0 Å². The molecule has 0 aromatic rings. The first kappa shape index (κ1) is 26.4. The second-order valence-corrected chi connectivity index (χ2v) is 7.89. The van der Waals surface area contributed by atoms with E-state index in [-0.39, 0.29) is 5.97 Å². The van der Waals surface area contributed by atoms with Crippen molar-refractivity contribution in [2.45, 2.75) is 135 Å². The van der Waals surface area contributed by atoms with Crippen LogP contribution in [0.1, 0.15) is 117 Å². The molecule has 0 saturated carbocycles. The molecular formula is C22H45NO4. The topological polar surface area (TPSA) is 92.8 Å². The van der Waals surface area contributed by atoms with Gasteiger partial charge in [-0.2, -0.15) is 0 Å². The van der Waals surface area contributed by atoms with Gasteiger partial charge in [-0.15, -0.1) is 0 Å². The Labute approximate surface area is 167 Å². The van der Waals surface area contributed by atoms with Gasteiger partial charge in [0.1, 0.15) is 6.10 Å². The van der Waals surface area contributed by atoms with Gasteiger partial charge in [-0.25, -0.2) is 0 Å². The summed E-state index contributed by atoms with van der Waals surface area (Å²) in [5, 5.41) is 17.9. The van der Waals surface area contributed by atoms with Crippen LogP contribution >= 0.6 is 0 Å². The number of rotatable bonds is 19. The molecular weight excluding hydrogens is 342 g/mol. The van der Waals surface area contributed by atoms with E-state index in [1.807, 2.05) is 0 Å². The minimum atomic E-state index is -1.67. The van der Waals surface area contributed by atoms with Crippen LogP contribution < -0.4 is 5.73 Å². The molecule has 0 aromatic carbocycles. The molecule has 162 valence electrons. The van der Waals surface area contributed by atoms with Gasteiger partial charge < -0.3 is 20.7 Å². The normalized spacial score (nSPS) is 13.7. The Bertz CT molecular complexity index is 336. The maximum absolute atomic E-state index is 11.7. The van der Waals surface area contributed by atoms with Crippen LogP contribution in [0.2, 0.25) is 0 Å². The van der Waals surface area contributed by atoms with E-state index in [2.05, 4.69) is 6.92 Å². The number of hydrogen-bond acceptors (Lipinski definition) is 5. The van der Waals surface area contributed by atoms with E-state index >= 15 is 0 Å². The molecule has 0 radical (unpaired) electrons. The molecule has 2 unspecified atom stereocenters. The van der Waals surface area contributed by atoms with Crippen LogP contribution in [-0.2, 0) is 9.53 Å². The summed E-state index contributed by atoms with van der Waals surface area (Å²) < 4.78 is 5.11. The highest BCUT2D eigenvalue weighted by atomic mass is 16.5. The third kappa shape index (κ3) is 17.2. The van der Waals surface area contributed by atoms with E-state index in [1.165, 1.54) is 77.0 Å². The molecule has 0 amide bonds. The molecule has 0 heterocycles. The fourth-order valence-corrected chi connectivity index (χ4v) is 3.23. The van der Waals surface area contributed by atoms with E-state index in [4.69, 9.17) is 20.7 Å². The summed E-state index contributed by atoms with van der Waals surface area (Å²) in [4.78, 5) is 11.7. The molecule has 0 bridgehead atoms. The van der Waals surface area contributed by atoms with Crippen molar-refractivity contribution >= 4 is 5.97 Å². The molecule has 2 atom stereocenters. The lowest BCUT2D eigenvalue weighted by atomic mass is 10.0. The molecule has 0 aliphatic rings. The Kier molecular flexibility index (Phi) is 18.3. The molecule has 27 heavy (non-hydrogen) atoms. The fourth-order valence-electron chi connectivity index (χ4n) is 3.23. The average molecular weight is 388 g/mol. The standard InChI is InChI=1S/C22H45NO4/c1-3-4-5-6-7-8-9-10-11-12-13-14-15-16-17-18-20(24)27-19(2)21(23)22(25)26/h19,21-22,25-26H,3-18,23H2,1-2H3. The third-order valence-electron chi connectivity index (χ3n) is 5.19. The largest absolute Gasteiger partial charge is 0.461 e. The zero-order valence-corrected chi connectivity index (χ0v) is 17.8. The number of unbranched alkanes of at least 4 members (excludes halogenated alkanes) is 14. The summed E-state index contributed by atoms with van der Waals surface area (Å²) in [6, 6.07) is -0.963. The number of aliphatic hydroxyl groups is 2. The quantitative estimate of drug-likeness (QED) is 0.168. The summed E-state index contributed by atoms with van der Waals surface area (Å²) in [5.41, 5.74) is 5.52. The number of nitrogens with two attached hydrogens (primary N) is 1. The maximum atomic E-state index is 11.7. The van der Waals surface area contributed by atoms with Gasteiger partial charge in [0.25, 0.3) is 0 Å². The lowest BCUT2D eigenvalue weighted by Crippen LogP contribution is -2.45. The smallest absolute Gasteiger partial charge is 0.306 e. The predicted octanol–water partition coefficient (Wildman–Crippen LogP) is 4.82. The number of carbonyl (C=O) groups is 1. The molecule has 0 saturated heterocycles. The third-order valence-corrected chi connectivity index (χ3v) is 5.19. The van der Waals surface area contributed by atoms with Crippen molar-refractivity contribution in [1.29, 1.82) is 0 Å². The average Bonchev–Trinajstić information content (AvgIpc) is 2.64. The van der Waals surface area contributed by atoms with Crippen LogP contribution in [0.15, 0.2) is 0 Å². The Morgan fingerprint density at radius 3 is 1.52 bits per heavy atom. The summed E-state index contributed by atoms with van der Waals surface area (Å²) in [6.07, 6.45) is 17.4. The van der Waals surface area contributed by atoms with Crippen LogP contribution in [0.3, 0.4) is 0 Å². The SMILES string of the molecule is CCCCCCCCCCCCCCCCCC(=O)OC(C)C(N)C(O)O. The number of aliphatic hydroxyl groups excluding tert-OH is 1. The molecule has 4 N–H and O–H groups in total. The van der Waals surface area contributed by atoms with Crippen LogP contribution in [0.4, 0.5) is 0 Å². The van der Waals surface area contributed by atoms with E-state index in [9.17, 15) is 4.79 Å². The highest BCUT2D eigenvalue weighted by Crippen LogP contribution is 2.14. The predicted molar refractivity (Wildman–Crippen MR) is 111 cm³/mol. The minimum absolute atomic E-state index is 0.312. The first-order valence-electron chi connectivity index (χ1n) is 11.3. The first-order chi connectivity index (χ1) is 13.0. The first-order valence-corrected chi connectivity index (χ1v) is 11.3. The van der Waals surface area contributed by atoms with Crippen LogP contribution in [-0.4, -0.2) is 34.6 Å². The maximum Gasteiger partial charge on any atom is 0.306 e. The van der Waals surface area contributed by atoms with Crippen molar-refractivity contribution in [2.24, 2.45) is 5.73 Å². The van der Waals surface area contributed by atoms with Gasteiger partial charge in [0.15, 0.2) is 6.29 Å². The van der Waals surface area contributed by atoms with Gasteiger partial charge in [-0.3, -0.25) is 4.79 Å². The summed E-state index contributed by atoms with van der Waals surface area (Å²) in [7, 11) is 0. The Hall–Kier alpha value is -0.650. The van der Waals surface area contributed by atoms with Crippen molar-refractivity contribution in [3.8, 4) is 0 Å². The summed E-state index contributed by atoms with van der Waals surface area (Å²) in [6.45, 7) is 3.84. The van der Waals surface area contributed by atoms with Gasteiger partial charge >= 0.3 is 5.97 Å². The fraction of sp³-hybridized carbons (Fsp3) is 0.955. The van der Waals surface area contributed by atoms with Gasteiger partial charge in [0, 0.05) is 6.42 Å². The highest BCUT2D eigenvalue weighted by molar-refractivity contribution is 5.69. The van der Waals surface area contributed by atoms with Crippen molar-refractivity contribution in [1.82, 2.24) is 0 Å². The highest BCUT2D eigenvalue weighted by Gasteiger charge is 2.22. The molecule has 0 rings (SSSR count). The van der Waals surface area contributed by atoms with Gasteiger partial charge in [0.2, 0.25) is 0 Å².